The number of halogens is 1. The van der Waals surface area contributed by atoms with E-state index in [0.29, 0.717) is 12.5 Å². The van der Waals surface area contributed by atoms with Gasteiger partial charge in [-0.3, -0.25) is 4.90 Å². The third-order valence-corrected chi connectivity index (χ3v) is 4.68. The van der Waals surface area contributed by atoms with Crippen LogP contribution in [0.15, 0.2) is 53.5 Å². The van der Waals surface area contributed by atoms with Gasteiger partial charge in [0.25, 0.3) is 0 Å². The minimum absolute atomic E-state index is 0. The Kier molecular flexibility index (Phi) is 8.87. The largest absolute Gasteiger partial charge is 0.495 e. The first-order valence-electron chi connectivity index (χ1n) is 9.25. The maximum absolute atomic E-state index is 6.01. The van der Waals surface area contributed by atoms with Gasteiger partial charge >= 0.3 is 0 Å². The highest BCUT2D eigenvalue weighted by Crippen LogP contribution is 2.22. The second-order valence-corrected chi connectivity index (χ2v) is 6.68. The van der Waals surface area contributed by atoms with E-state index in [1.807, 2.05) is 24.3 Å². The second-order valence-electron chi connectivity index (χ2n) is 6.68. The first-order valence-corrected chi connectivity index (χ1v) is 9.25. The van der Waals surface area contributed by atoms with Crippen molar-refractivity contribution in [3.63, 3.8) is 0 Å². The van der Waals surface area contributed by atoms with Gasteiger partial charge < -0.3 is 15.8 Å². The number of nitrogens with two attached hydrogens (primary N) is 1. The average Bonchev–Trinajstić information content (AvgIpc) is 2.69. The standard InChI is InChI=1S/C21H28N4O.HI/c1-26-20-8-4-3-7-19(20)24-21(22)23-15-17-9-11-18(12-10-17)16-25-13-5-2-6-14-25;/h3-4,7-12H,2,5-6,13-16H2,1H3,(H3,22,23,24);1H. The van der Waals surface area contributed by atoms with Gasteiger partial charge in [-0.05, 0) is 49.2 Å². The first-order chi connectivity index (χ1) is 12.7. The van der Waals surface area contributed by atoms with E-state index in [0.717, 1.165) is 23.5 Å². The highest BCUT2D eigenvalue weighted by molar-refractivity contribution is 14.0. The van der Waals surface area contributed by atoms with Crippen LogP contribution in [-0.4, -0.2) is 31.1 Å². The van der Waals surface area contributed by atoms with Crippen molar-refractivity contribution in [3.05, 3.63) is 59.7 Å². The van der Waals surface area contributed by atoms with Crippen molar-refractivity contribution in [1.29, 1.82) is 0 Å². The summed E-state index contributed by atoms with van der Waals surface area (Å²) < 4.78 is 5.31. The molecule has 27 heavy (non-hydrogen) atoms. The smallest absolute Gasteiger partial charge is 0.193 e. The van der Waals surface area contributed by atoms with Crippen LogP contribution in [0.2, 0.25) is 0 Å². The molecule has 0 spiro atoms. The number of piperidine rings is 1. The van der Waals surface area contributed by atoms with Crippen molar-refractivity contribution < 1.29 is 4.74 Å². The Morgan fingerprint density at radius 1 is 1.04 bits per heavy atom. The number of nitrogens with zero attached hydrogens (tertiary/aromatic N) is 2. The molecule has 2 aromatic rings. The van der Waals surface area contributed by atoms with Crippen LogP contribution >= 0.6 is 24.0 Å². The number of hydrogen-bond donors (Lipinski definition) is 2. The molecule has 0 radical (unpaired) electrons. The number of aliphatic imine (C=N–C) groups is 1. The number of para-hydroxylation sites is 2. The van der Waals surface area contributed by atoms with Crippen LogP contribution in [0.4, 0.5) is 5.69 Å². The monoisotopic (exact) mass is 480 g/mol. The molecule has 3 rings (SSSR count). The van der Waals surface area contributed by atoms with Gasteiger partial charge in [-0.1, -0.05) is 42.8 Å². The Bertz CT molecular complexity index is 727. The molecule has 2 aromatic carbocycles. The summed E-state index contributed by atoms with van der Waals surface area (Å²) in [4.78, 5) is 6.96. The molecule has 1 aliphatic heterocycles. The lowest BCUT2D eigenvalue weighted by Crippen LogP contribution is -2.29. The highest BCUT2D eigenvalue weighted by atomic mass is 127. The van der Waals surface area contributed by atoms with Crippen molar-refractivity contribution in [2.24, 2.45) is 10.7 Å². The Morgan fingerprint density at radius 2 is 1.70 bits per heavy atom. The minimum atomic E-state index is 0. The van der Waals surface area contributed by atoms with Crippen LogP contribution in [0.1, 0.15) is 30.4 Å². The van der Waals surface area contributed by atoms with E-state index in [9.17, 15) is 0 Å². The zero-order valence-corrected chi connectivity index (χ0v) is 18.2. The van der Waals surface area contributed by atoms with Crippen LogP contribution in [0.5, 0.6) is 5.75 Å². The predicted octanol–water partition coefficient (Wildman–Crippen LogP) is 4.23. The Balaban J connectivity index is 0.00000261. The Hall–Kier alpha value is -1.80. The molecular weight excluding hydrogens is 451 g/mol. The van der Waals surface area contributed by atoms with E-state index < -0.39 is 0 Å². The van der Waals surface area contributed by atoms with Crippen molar-refractivity contribution in [2.75, 3.05) is 25.5 Å². The molecule has 0 atom stereocenters. The normalized spacial score (nSPS) is 15.1. The Morgan fingerprint density at radius 3 is 2.41 bits per heavy atom. The minimum Gasteiger partial charge on any atom is -0.495 e. The number of nitrogens with one attached hydrogen (secondary N) is 1. The molecule has 1 aliphatic rings. The highest BCUT2D eigenvalue weighted by Gasteiger charge is 2.10. The molecule has 6 heteroatoms. The summed E-state index contributed by atoms with van der Waals surface area (Å²) in [6.45, 7) is 4.04. The number of rotatable bonds is 6. The second kappa shape index (κ2) is 11.1. The zero-order valence-electron chi connectivity index (χ0n) is 15.9. The number of anilines is 1. The molecule has 3 N–H and O–H groups in total. The summed E-state index contributed by atoms with van der Waals surface area (Å²) >= 11 is 0. The molecule has 0 unspecified atom stereocenters. The zero-order chi connectivity index (χ0) is 18.2. The van der Waals surface area contributed by atoms with Crippen molar-refractivity contribution >= 4 is 35.6 Å². The van der Waals surface area contributed by atoms with Gasteiger partial charge in [-0.25, -0.2) is 4.99 Å². The van der Waals surface area contributed by atoms with E-state index in [1.54, 1.807) is 7.11 Å². The topological polar surface area (TPSA) is 62.9 Å². The number of hydrogen-bond acceptors (Lipinski definition) is 3. The first kappa shape index (κ1) is 21.5. The maximum atomic E-state index is 6.01. The molecule has 0 aliphatic carbocycles. The molecule has 146 valence electrons. The van der Waals surface area contributed by atoms with Crippen molar-refractivity contribution in [3.8, 4) is 5.75 Å². The molecule has 5 nitrogen and oxygen atoms in total. The SMILES string of the molecule is COc1ccccc1NC(N)=NCc1ccc(CN2CCCCC2)cc1.I. The number of ether oxygens (including phenoxy) is 1. The maximum Gasteiger partial charge on any atom is 0.193 e. The number of likely N-dealkylation sites (tertiary alicyclic amines) is 1. The van der Waals surface area contributed by atoms with Gasteiger partial charge in [-0.15, -0.1) is 24.0 Å². The van der Waals surface area contributed by atoms with Gasteiger partial charge in [0.1, 0.15) is 5.75 Å². The van der Waals surface area contributed by atoms with Crippen LogP contribution < -0.4 is 15.8 Å². The summed E-state index contributed by atoms with van der Waals surface area (Å²) in [5.41, 5.74) is 9.33. The van der Waals surface area contributed by atoms with E-state index in [4.69, 9.17) is 10.5 Å². The molecule has 1 fully saturated rings. The van der Waals surface area contributed by atoms with Crippen molar-refractivity contribution in [1.82, 2.24) is 4.90 Å². The fraction of sp³-hybridized carbons (Fsp3) is 0.381. The quantitative estimate of drug-likeness (QED) is 0.369. The van der Waals surface area contributed by atoms with Gasteiger partial charge in [0.05, 0.1) is 19.3 Å². The van der Waals surface area contributed by atoms with Crippen LogP contribution in [0.25, 0.3) is 0 Å². The summed E-state index contributed by atoms with van der Waals surface area (Å²) in [6, 6.07) is 16.3. The third kappa shape index (κ3) is 6.70. The van der Waals surface area contributed by atoms with E-state index in [-0.39, 0.29) is 24.0 Å². The molecule has 0 saturated carbocycles. The number of guanidine groups is 1. The lowest BCUT2D eigenvalue weighted by atomic mass is 10.1. The van der Waals surface area contributed by atoms with Gasteiger partial charge in [0, 0.05) is 6.54 Å². The number of benzene rings is 2. The molecule has 1 heterocycles. The van der Waals surface area contributed by atoms with E-state index in [1.165, 1.54) is 37.9 Å². The van der Waals surface area contributed by atoms with Crippen LogP contribution in [-0.2, 0) is 13.1 Å². The molecule has 0 bridgehead atoms. The lowest BCUT2D eigenvalue weighted by molar-refractivity contribution is 0.221. The fourth-order valence-electron chi connectivity index (χ4n) is 3.23. The molecule has 1 saturated heterocycles. The van der Waals surface area contributed by atoms with Crippen LogP contribution in [0.3, 0.4) is 0 Å². The summed E-state index contributed by atoms with van der Waals surface area (Å²) in [6.07, 6.45) is 4.02. The predicted molar refractivity (Wildman–Crippen MR) is 123 cm³/mol. The van der Waals surface area contributed by atoms with Gasteiger partial charge in [-0.2, -0.15) is 0 Å². The fourth-order valence-corrected chi connectivity index (χ4v) is 3.23. The number of methoxy groups -OCH3 is 1. The van der Waals surface area contributed by atoms with Gasteiger partial charge in [0.2, 0.25) is 0 Å². The van der Waals surface area contributed by atoms with E-state index >= 15 is 0 Å². The average molecular weight is 480 g/mol. The van der Waals surface area contributed by atoms with Crippen LogP contribution in [0, 0.1) is 0 Å². The van der Waals surface area contributed by atoms with Gasteiger partial charge in [0.15, 0.2) is 5.96 Å². The van der Waals surface area contributed by atoms with E-state index in [2.05, 4.69) is 39.5 Å². The molecule has 0 aromatic heterocycles. The Labute approximate surface area is 179 Å². The molecular formula is C21H29IN4O. The molecule has 0 amide bonds. The summed E-state index contributed by atoms with van der Waals surface area (Å²) in [7, 11) is 1.64. The third-order valence-electron chi connectivity index (χ3n) is 4.68. The lowest BCUT2D eigenvalue weighted by Gasteiger charge is -2.26. The summed E-state index contributed by atoms with van der Waals surface area (Å²) in [5, 5.41) is 3.09. The summed E-state index contributed by atoms with van der Waals surface area (Å²) in [5.74, 6) is 1.12. The van der Waals surface area contributed by atoms with Crippen molar-refractivity contribution in [2.45, 2.75) is 32.4 Å².